The first-order valence-electron chi connectivity index (χ1n) is 7.22. The predicted molar refractivity (Wildman–Crippen MR) is 83.7 cm³/mol. The van der Waals surface area contributed by atoms with E-state index in [0.29, 0.717) is 0 Å². The number of carbonyl (C=O) groups excluding carboxylic acids is 1. The number of rotatable bonds is 5. The molecule has 8 nitrogen and oxygen atoms in total. The Morgan fingerprint density at radius 2 is 1.96 bits per heavy atom. The number of likely N-dealkylation sites (tertiary alicyclic amines) is 1. The first-order valence-corrected chi connectivity index (χ1v) is 9.03. The Labute approximate surface area is 140 Å². The van der Waals surface area contributed by atoms with Crippen LogP contribution in [0.1, 0.15) is 18.9 Å². The molecule has 1 heterocycles. The van der Waals surface area contributed by atoms with E-state index in [-0.39, 0.29) is 19.6 Å². The van der Waals surface area contributed by atoms with Gasteiger partial charge in [0.15, 0.2) is 0 Å². The minimum atomic E-state index is -3.76. The van der Waals surface area contributed by atoms with Crippen molar-refractivity contribution in [3.8, 4) is 0 Å². The summed E-state index contributed by atoms with van der Waals surface area (Å²) in [5.74, 6) is -1.25. The molecule has 0 unspecified atom stereocenters. The van der Waals surface area contributed by atoms with E-state index in [0.717, 1.165) is 16.7 Å². The minimum Gasteiger partial charge on any atom is -0.480 e. The Bertz CT molecular complexity index is 719. The zero-order valence-electron chi connectivity index (χ0n) is 13.3. The molecular weight excluding hydrogens is 338 g/mol. The van der Waals surface area contributed by atoms with E-state index in [2.05, 4.69) is 0 Å². The molecule has 1 aliphatic heterocycles. The Balaban J connectivity index is 2.10. The quantitative estimate of drug-likeness (QED) is 0.789. The lowest BCUT2D eigenvalue weighted by molar-refractivity contribution is -0.147. The molecule has 24 heavy (non-hydrogen) atoms. The standard InChI is InChI=1S/C15H19NO7S/c1-15(13(17)18)8-12(23-24(2,20)21)9-16(15)14(19)22-10-11-6-4-3-5-7-11/h3-7,12H,8-10H2,1-2H3,(H,17,18)/t12-,15+/m1/s1. The van der Waals surface area contributed by atoms with Crippen LogP contribution < -0.4 is 0 Å². The second-order valence-electron chi connectivity index (χ2n) is 5.86. The highest BCUT2D eigenvalue weighted by atomic mass is 32.2. The topological polar surface area (TPSA) is 110 Å². The summed E-state index contributed by atoms with van der Waals surface area (Å²) in [6.45, 7) is 1.15. The van der Waals surface area contributed by atoms with Crippen LogP contribution in [0.15, 0.2) is 30.3 Å². The molecule has 1 N–H and O–H groups in total. The molecule has 0 aromatic heterocycles. The molecule has 0 radical (unpaired) electrons. The molecule has 1 saturated heterocycles. The average molecular weight is 357 g/mol. The molecule has 132 valence electrons. The predicted octanol–water partition coefficient (Wildman–Crippen LogP) is 1.22. The number of aliphatic carboxylic acids is 1. The molecule has 1 amide bonds. The second-order valence-corrected chi connectivity index (χ2v) is 7.46. The third-order valence-corrected chi connectivity index (χ3v) is 4.43. The van der Waals surface area contributed by atoms with Gasteiger partial charge in [0.05, 0.1) is 18.9 Å². The number of carbonyl (C=O) groups is 2. The van der Waals surface area contributed by atoms with E-state index in [4.69, 9.17) is 8.92 Å². The van der Waals surface area contributed by atoms with Gasteiger partial charge in [0.2, 0.25) is 0 Å². The van der Waals surface area contributed by atoms with Crippen molar-refractivity contribution in [1.82, 2.24) is 4.90 Å². The first kappa shape index (κ1) is 18.2. The smallest absolute Gasteiger partial charge is 0.411 e. The number of nitrogens with zero attached hydrogens (tertiary/aromatic N) is 1. The molecule has 2 atom stereocenters. The van der Waals surface area contributed by atoms with Gasteiger partial charge in [-0.2, -0.15) is 8.42 Å². The molecule has 0 bridgehead atoms. The van der Waals surface area contributed by atoms with E-state index in [1.54, 1.807) is 24.3 Å². The van der Waals surface area contributed by atoms with Crippen LogP contribution in [-0.4, -0.2) is 54.9 Å². The van der Waals surface area contributed by atoms with Gasteiger partial charge in [-0.25, -0.2) is 9.59 Å². The van der Waals surface area contributed by atoms with Gasteiger partial charge in [-0.1, -0.05) is 30.3 Å². The van der Waals surface area contributed by atoms with Gasteiger partial charge in [-0.15, -0.1) is 0 Å². The largest absolute Gasteiger partial charge is 0.480 e. The highest BCUT2D eigenvalue weighted by Gasteiger charge is 2.52. The van der Waals surface area contributed by atoms with E-state index in [1.165, 1.54) is 6.92 Å². The summed E-state index contributed by atoms with van der Waals surface area (Å²) in [6.07, 6.45) is -1.02. The van der Waals surface area contributed by atoms with Crippen LogP contribution >= 0.6 is 0 Å². The molecule has 1 aliphatic rings. The summed E-state index contributed by atoms with van der Waals surface area (Å²) < 4.78 is 32.5. The normalized spacial score (nSPS) is 23.9. The summed E-state index contributed by atoms with van der Waals surface area (Å²) in [5, 5.41) is 9.44. The van der Waals surface area contributed by atoms with Crippen molar-refractivity contribution in [2.75, 3.05) is 12.8 Å². The summed E-state index contributed by atoms with van der Waals surface area (Å²) in [6, 6.07) is 8.93. The van der Waals surface area contributed by atoms with Crippen LogP contribution in [0.5, 0.6) is 0 Å². The molecule has 9 heteroatoms. The van der Waals surface area contributed by atoms with Gasteiger partial charge >= 0.3 is 12.1 Å². The molecule has 1 aromatic rings. The van der Waals surface area contributed by atoms with Crippen molar-refractivity contribution in [3.63, 3.8) is 0 Å². The fourth-order valence-corrected chi connectivity index (χ4v) is 3.23. The molecule has 0 spiro atoms. The number of hydrogen-bond donors (Lipinski definition) is 1. The molecule has 2 rings (SSSR count). The van der Waals surface area contributed by atoms with Crippen LogP contribution in [0.2, 0.25) is 0 Å². The van der Waals surface area contributed by atoms with Gasteiger partial charge in [0.25, 0.3) is 10.1 Å². The SMILES string of the molecule is C[C@@]1(C(=O)O)C[C@@H](OS(C)(=O)=O)CN1C(=O)OCc1ccccc1. The van der Waals surface area contributed by atoms with E-state index in [1.807, 2.05) is 6.07 Å². The lowest BCUT2D eigenvalue weighted by Gasteiger charge is -2.29. The third kappa shape index (κ3) is 4.24. The van der Waals surface area contributed by atoms with Gasteiger partial charge in [-0.05, 0) is 12.5 Å². The van der Waals surface area contributed by atoms with Crippen molar-refractivity contribution >= 4 is 22.2 Å². The summed E-state index contributed by atoms with van der Waals surface area (Å²) in [5.41, 5.74) is -0.839. The van der Waals surface area contributed by atoms with Crippen LogP contribution in [0.25, 0.3) is 0 Å². The van der Waals surface area contributed by atoms with Gasteiger partial charge in [0, 0.05) is 6.42 Å². The number of benzene rings is 1. The molecule has 1 fully saturated rings. The Morgan fingerprint density at radius 3 is 2.50 bits per heavy atom. The minimum absolute atomic E-state index is 0.0104. The number of ether oxygens (including phenoxy) is 1. The van der Waals surface area contributed by atoms with Gasteiger partial charge in [0.1, 0.15) is 12.1 Å². The van der Waals surface area contributed by atoms with Crippen molar-refractivity contribution in [3.05, 3.63) is 35.9 Å². The third-order valence-electron chi connectivity index (χ3n) is 3.80. The van der Waals surface area contributed by atoms with E-state index < -0.39 is 33.8 Å². The molecule has 0 saturated carbocycles. The van der Waals surface area contributed by atoms with Crippen molar-refractivity contribution in [1.29, 1.82) is 0 Å². The zero-order valence-corrected chi connectivity index (χ0v) is 14.2. The van der Waals surface area contributed by atoms with Crippen LogP contribution in [0, 0.1) is 0 Å². The fourth-order valence-electron chi connectivity index (χ4n) is 2.61. The lowest BCUT2D eigenvalue weighted by Crippen LogP contribution is -2.50. The summed E-state index contributed by atoms with van der Waals surface area (Å²) in [4.78, 5) is 24.8. The zero-order chi connectivity index (χ0) is 18.0. The maximum absolute atomic E-state index is 12.3. The average Bonchev–Trinajstić information content (AvgIpc) is 2.82. The maximum Gasteiger partial charge on any atom is 0.411 e. The van der Waals surface area contributed by atoms with Crippen molar-refractivity contribution in [2.24, 2.45) is 0 Å². The molecule has 0 aliphatic carbocycles. The summed E-state index contributed by atoms with van der Waals surface area (Å²) in [7, 11) is -3.76. The van der Waals surface area contributed by atoms with Gasteiger partial charge in [-0.3, -0.25) is 9.08 Å². The summed E-state index contributed by atoms with van der Waals surface area (Å²) >= 11 is 0. The Morgan fingerprint density at radius 1 is 1.33 bits per heavy atom. The number of hydrogen-bond acceptors (Lipinski definition) is 6. The van der Waals surface area contributed by atoms with E-state index >= 15 is 0 Å². The van der Waals surface area contributed by atoms with Gasteiger partial charge < -0.3 is 9.84 Å². The Hall–Kier alpha value is -2.13. The number of carboxylic acid groups (broad SMARTS) is 1. The van der Waals surface area contributed by atoms with Crippen molar-refractivity contribution in [2.45, 2.75) is 31.6 Å². The monoisotopic (exact) mass is 357 g/mol. The Kier molecular flexibility index (Phi) is 5.14. The maximum atomic E-state index is 12.3. The van der Waals surface area contributed by atoms with E-state index in [9.17, 15) is 23.1 Å². The second kappa shape index (κ2) is 6.78. The fraction of sp³-hybridized carbons (Fsp3) is 0.467. The molecular formula is C15H19NO7S. The highest BCUT2D eigenvalue weighted by molar-refractivity contribution is 7.86. The number of carboxylic acids is 1. The first-order chi connectivity index (χ1) is 11.1. The molecule has 1 aromatic carbocycles. The van der Waals surface area contributed by atoms with Crippen LogP contribution in [-0.2, 0) is 30.4 Å². The highest BCUT2D eigenvalue weighted by Crippen LogP contribution is 2.32. The number of amides is 1. The van der Waals surface area contributed by atoms with Crippen LogP contribution in [0.3, 0.4) is 0 Å². The van der Waals surface area contributed by atoms with Crippen molar-refractivity contribution < 1.29 is 32.0 Å². The lowest BCUT2D eigenvalue weighted by atomic mass is 9.99. The van der Waals surface area contributed by atoms with Crippen LogP contribution in [0.4, 0.5) is 4.79 Å².